The Morgan fingerprint density at radius 2 is 0.879 bits per heavy atom. The number of ketones is 8. The zero-order valence-corrected chi connectivity index (χ0v) is 82.9. The summed E-state index contributed by atoms with van der Waals surface area (Å²) in [5, 5.41) is 89.5. The minimum absolute atomic E-state index is 0.00939. The summed E-state index contributed by atoms with van der Waals surface area (Å²) in [7, 11) is -6.46. The minimum Gasteiger partial charge on any atom is -0.503 e. The van der Waals surface area contributed by atoms with Gasteiger partial charge in [0.05, 0.1) is 61.9 Å². The summed E-state index contributed by atoms with van der Waals surface area (Å²) >= 11 is 5.72. The number of aromatic hydroxyl groups is 1. The van der Waals surface area contributed by atoms with E-state index in [1.54, 1.807) is 30.6 Å². The number of ether oxygens (including phenoxy) is 1. The summed E-state index contributed by atoms with van der Waals surface area (Å²) in [6, 6.07) is 19.0. The monoisotopic (exact) mass is 2030 g/mol. The highest BCUT2D eigenvalue weighted by molar-refractivity contribution is 7.13. The van der Waals surface area contributed by atoms with E-state index in [9.17, 15) is 106 Å². The number of rotatable bonds is 37. The maximum atomic E-state index is 13.1. The molecule has 6 aliphatic heterocycles. The lowest BCUT2D eigenvalue weighted by atomic mass is 9.64. The predicted octanol–water partition coefficient (Wildman–Crippen LogP) is 8.27. The molecule has 3 amide bonds. The fourth-order valence-electron chi connectivity index (χ4n) is 16.4. The van der Waals surface area contributed by atoms with E-state index in [-0.39, 0.29) is 193 Å². The summed E-state index contributed by atoms with van der Waals surface area (Å²) in [5.41, 5.74) is 12.3. The molecule has 0 aliphatic carbocycles. The van der Waals surface area contributed by atoms with Gasteiger partial charge in [-0.2, -0.15) is 0 Å². The van der Waals surface area contributed by atoms with Gasteiger partial charge in [-0.3, -0.25) is 62.3 Å². The molecule has 6 fully saturated rings. The van der Waals surface area contributed by atoms with Gasteiger partial charge in [-0.1, -0.05) is 23.4 Å². The first kappa shape index (κ1) is 116. The highest BCUT2D eigenvalue weighted by atomic mass is 32.1. The van der Waals surface area contributed by atoms with Crippen molar-refractivity contribution in [2.24, 2.45) is 5.16 Å². The second kappa shape index (κ2) is 60.5. The van der Waals surface area contributed by atoms with Crippen molar-refractivity contribution in [3.05, 3.63) is 166 Å². The molecule has 6 saturated heterocycles. The molecule has 0 bridgehead atoms. The molecule has 141 heavy (non-hydrogen) atoms. The van der Waals surface area contributed by atoms with Crippen molar-refractivity contribution in [1.29, 1.82) is 0 Å². The average molecular weight is 2030 g/mol. The van der Waals surface area contributed by atoms with Gasteiger partial charge in [0.2, 0.25) is 23.2 Å². The van der Waals surface area contributed by atoms with Gasteiger partial charge in [0.15, 0.2) is 29.0 Å². The van der Waals surface area contributed by atoms with E-state index in [0.717, 1.165) is 87.7 Å². The molecule has 6 aromatic heterocycles. The quantitative estimate of drug-likeness (QED) is 0.00753. The van der Waals surface area contributed by atoms with Crippen LogP contribution in [0.25, 0.3) is 0 Å². The number of nitrogens with two attached hydrogens (primary N) is 2. The number of carbonyl (C=O) groups excluding carboxylic acids is 12. The van der Waals surface area contributed by atoms with Crippen molar-refractivity contribution >= 4 is 175 Å². The number of amides is 3. The van der Waals surface area contributed by atoms with Crippen LogP contribution in [0.15, 0.2) is 117 Å². The van der Waals surface area contributed by atoms with Crippen LogP contribution in [0.2, 0.25) is 17.5 Å². The maximum absolute atomic E-state index is 13.1. The third-order valence-corrected chi connectivity index (χ3v) is 26.4. The first-order chi connectivity index (χ1) is 67.2. The summed E-state index contributed by atoms with van der Waals surface area (Å²) in [4.78, 5) is 170. The fourth-order valence-corrected chi connectivity index (χ4v) is 19.1. The number of oxime groups is 1. The van der Waals surface area contributed by atoms with Crippen LogP contribution in [-0.4, -0.2) is 230 Å². The van der Waals surface area contributed by atoms with Gasteiger partial charge < -0.3 is 105 Å². The molecule has 0 radical (unpaired) electrons. The standard InChI is InChI=1S/C19H23BN4O7S.C16H19BF2O4.C15H21BN2O4.C14H20BNO5S.2C14H20BNO4S/c1-10(25)4-13-3-2-11(20(29)31-13)5-16(27)18(14-9-32-19(21)23-14)24-30-8-12-6-15(26)17(28)7-22-12;1-10(20)4-16-3-2-12(17(22)23-16)8-15(21)7-11-5-13(18)9-14(19)6-11;1-10(19)6-14-3-2-12(16(21)22-14)9-13(20)7-11-4-5-18-15(17)8-11;1-2-20-14(18)8-10-5-6-12(15(19)21-10)16-13(17)9-11-4-3-7-22-11;2*1-10(17)8-11-4-2-6-13(15(19)20-11)16-14(18)9-12-5-3-7-21-12/h6-7,9,11,13,28-29H,2-5,8H2,1H3,(H2,21,23)(H,22,26);5-6,9,12,16,22H,2-4,7-8H2,1H3;4-5,8,12,14,21H,2-3,6-7,9H2,1H3,(H2,17,18);3-4,7,10,12,19H,2,5-6,8-9H2,1H3,(H,16,17);2*3,5,7,11,13,19H,2,4,6,8-9H2,1H3,(H,16,18)/b24-18-;;;;;/t11-,13+;12-,16+;12-,14+;10-,12-;11-,13+;11-,13-/m111010/s1. The Hall–Kier alpha value is -10.1. The molecule has 37 nitrogen and oxygen atoms in total. The number of carbonyl (C=O) groups is 12. The van der Waals surface area contributed by atoms with Crippen LogP contribution in [0.4, 0.5) is 19.7 Å². The van der Waals surface area contributed by atoms with Crippen LogP contribution in [0, 0.1) is 11.6 Å². The maximum Gasteiger partial charge on any atom is 0.478 e. The summed E-state index contributed by atoms with van der Waals surface area (Å²) in [6.07, 6.45) is 13.0. The topological polar surface area (TPSA) is 579 Å². The predicted molar refractivity (Wildman–Crippen MR) is 528 cm³/mol. The Labute approximate surface area is 834 Å². The second-order valence-corrected chi connectivity index (χ2v) is 39.5. The number of pyridine rings is 2. The van der Waals surface area contributed by atoms with E-state index in [1.165, 1.54) is 68.6 Å². The number of nitrogens with zero attached hydrogens (tertiary/aromatic N) is 3. The number of hydrogen-bond donors (Lipinski definition) is 13. The number of aromatic amines is 1. The van der Waals surface area contributed by atoms with Gasteiger partial charge in [-0.05, 0) is 201 Å². The zero-order valence-electron chi connectivity index (χ0n) is 79.6. The van der Waals surface area contributed by atoms with Gasteiger partial charge in [-0.15, -0.1) is 45.3 Å². The summed E-state index contributed by atoms with van der Waals surface area (Å²) in [5.74, 6) is -4.99. The van der Waals surface area contributed by atoms with Gasteiger partial charge in [-0.25, -0.2) is 18.7 Å². The third kappa shape index (κ3) is 44.0. The van der Waals surface area contributed by atoms with Gasteiger partial charge >= 0.3 is 48.7 Å². The largest absolute Gasteiger partial charge is 0.503 e. The van der Waals surface area contributed by atoms with E-state index < -0.39 is 94.9 Å². The molecule has 12 heterocycles. The molecule has 12 atom stereocenters. The molecule has 0 unspecified atom stereocenters. The van der Waals surface area contributed by atoms with E-state index in [0.29, 0.717) is 121 Å². The first-order valence-electron chi connectivity index (χ1n) is 46.8. The number of Topliss-reactive ketones (excluding diaryl/α,β-unsaturated/α-hetero) is 8. The van der Waals surface area contributed by atoms with Crippen molar-refractivity contribution in [3.8, 4) is 5.75 Å². The van der Waals surface area contributed by atoms with Crippen LogP contribution < -0.4 is 32.8 Å². The number of nitrogen functional groups attached to an aromatic ring is 2. The number of nitrogens with one attached hydrogen (secondary N) is 4. The van der Waals surface area contributed by atoms with Crippen molar-refractivity contribution in [1.82, 2.24) is 30.9 Å². The van der Waals surface area contributed by atoms with Crippen LogP contribution in [-0.2, 0) is 134 Å². The zero-order chi connectivity index (χ0) is 103. The SMILES string of the molecule is CC(=O)C[C@@H]1CCC[C@H](NC(=O)Cc2cccs2)B(O)O1.CC(=O)C[C@@H]1CC[C@H](CC(=O)/C(=N\OCc2cc(=O)c(O)c[nH]2)c2csc(N)n2)B(O)O1.CC(=O)C[C@@H]1CC[C@H](CC(=O)Cc2cc(F)cc(F)c2)B(O)O1.CC(=O)C[C@@H]1CC[C@H](CC(=O)Cc2ccnc(N)c2)B(O)O1.CC(=O)C[C@H]1CCC[C@H](NC(=O)Cc2cccs2)B(O)O1.CCOC(=O)C[C@@H]1CC[C@H](NC(=O)Cc2cccs2)B(O)O1. The van der Waals surface area contributed by atoms with Gasteiger partial charge in [0.25, 0.3) is 0 Å². The Kier molecular flexibility index (Phi) is 49.9. The van der Waals surface area contributed by atoms with Crippen LogP contribution in [0.3, 0.4) is 0 Å². The normalized spacial score (nSPS) is 21.3. The van der Waals surface area contributed by atoms with Crippen LogP contribution in [0.5, 0.6) is 5.75 Å². The lowest BCUT2D eigenvalue weighted by Gasteiger charge is -2.31. The first-order valence-corrected chi connectivity index (χ1v) is 50.3. The Bertz CT molecular complexity index is 5190. The lowest BCUT2D eigenvalue weighted by Crippen LogP contribution is -2.53. The minimum atomic E-state index is -1.18. The smallest absolute Gasteiger partial charge is 0.478 e. The van der Waals surface area contributed by atoms with Gasteiger partial charge in [0, 0.05) is 157 Å². The molecule has 13 rings (SSSR count). The molecule has 49 heteroatoms. The van der Waals surface area contributed by atoms with E-state index in [1.807, 2.05) is 52.5 Å². The number of aromatic nitrogens is 3. The number of thiophene rings is 3. The molecule has 0 saturated carbocycles. The highest BCUT2D eigenvalue weighted by Gasteiger charge is 2.43. The number of thiazole rings is 1. The number of anilines is 2. The van der Waals surface area contributed by atoms with Crippen molar-refractivity contribution in [2.75, 3.05) is 18.1 Å². The highest BCUT2D eigenvalue weighted by Crippen LogP contribution is 2.36. The molecule has 15 N–H and O–H groups in total. The molecular weight excluding hydrogens is 1910 g/mol. The lowest BCUT2D eigenvalue weighted by molar-refractivity contribution is -0.145. The molecule has 7 aromatic rings. The fraction of sp³-hybridized carbons (Fsp3) is 0.522. The number of H-pyrrole nitrogens is 1. The van der Waals surface area contributed by atoms with E-state index >= 15 is 0 Å². The van der Waals surface area contributed by atoms with Gasteiger partial charge in [0.1, 0.15) is 63.6 Å². The van der Waals surface area contributed by atoms with E-state index in [4.69, 9.17) is 49.0 Å². The Morgan fingerprint density at radius 3 is 1.26 bits per heavy atom. The van der Waals surface area contributed by atoms with E-state index in [2.05, 4.69) is 36.1 Å². The Morgan fingerprint density at radius 1 is 0.482 bits per heavy atom. The van der Waals surface area contributed by atoms with Crippen LogP contribution >= 0.6 is 45.3 Å². The second-order valence-electron chi connectivity index (χ2n) is 35.5. The van der Waals surface area contributed by atoms with Crippen molar-refractivity contribution < 1.29 is 139 Å². The third-order valence-electron chi connectivity index (χ3n) is 23.1. The van der Waals surface area contributed by atoms with Crippen molar-refractivity contribution in [3.63, 3.8) is 0 Å². The molecule has 1 aromatic carbocycles. The molecular formula is C92H123B6F2N9O28S4. The number of benzene rings is 1. The number of esters is 1. The average Bonchev–Trinajstić information content (AvgIpc) is 1.65. The summed E-state index contributed by atoms with van der Waals surface area (Å²) < 4.78 is 63.7. The number of hydrogen-bond acceptors (Lipinski definition) is 37. The van der Waals surface area contributed by atoms with Crippen LogP contribution in [0.1, 0.15) is 226 Å². The van der Waals surface area contributed by atoms with Crippen molar-refractivity contribution in [2.45, 2.75) is 300 Å². The molecule has 760 valence electrons. The summed E-state index contributed by atoms with van der Waals surface area (Å²) in [6.45, 7) is 9.37. The molecule has 6 aliphatic rings. The Balaban J connectivity index is 0.000000209. The number of halogens is 2. The molecule has 0 spiro atoms.